The summed E-state index contributed by atoms with van der Waals surface area (Å²) in [6.45, 7) is 4.78. The molecule has 2 heteroatoms. The predicted molar refractivity (Wildman–Crippen MR) is 83.5 cm³/mol. The molecule has 0 aliphatic carbocycles. The van der Waals surface area contributed by atoms with E-state index in [9.17, 15) is 0 Å². The van der Waals surface area contributed by atoms with E-state index in [0.717, 1.165) is 18.0 Å². The molecule has 0 saturated carbocycles. The van der Waals surface area contributed by atoms with E-state index < -0.39 is 0 Å². The third-order valence-electron chi connectivity index (χ3n) is 5.01. The molecule has 2 heterocycles. The van der Waals surface area contributed by atoms with Gasteiger partial charge in [-0.2, -0.15) is 0 Å². The van der Waals surface area contributed by atoms with Crippen LogP contribution in [-0.2, 0) is 0 Å². The van der Waals surface area contributed by atoms with Crippen molar-refractivity contribution >= 4 is 0 Å². The fraction of sp³-hybridized carbons (Fsp3) is 1.00. The van der Waals surface area contributed by atoms with Crippen LogP contribution in [0.3, 0.4) is 0 Å². The first-order valence-electron chi connectivity index (χ1n) is 8.85. The topological polar surface area (TPSA) is 24.1 Å². The Bertz CT molecular complexity index is 217. The van der Waals surface area contributed by atoms with Crippen LogP contribution in [0.25, 0.3) is 0 Å². The lowest BCUT2D eigenvalue weighted by molar-refractivity contribution is 0.283. The summed E-state index contributed by atoms with van der Waals surface area (Å²) in [4.78, 5) is 0. The summed E-state index contributed by atoms with van der Waals surface area (Å²) in [7, 11) is 0. The van der Waals surface area contributed by atoms with E-state index >= 15 is 0 Å². The van der Waals surface area contributed by atoms with Crippen molar-refractivity contribution in [2.75, 3.05) is 13.1 Å². The van der Waals surface area contributed by atoms with E-state index in [1.54, 1.807) is 0 Å². The maximum Gasteiger partial charge on any atom is 0.00728 e. The molecule has 2 fully saturated rings. The molecule has 0 spiro atoms. The first kappa shape index (κ1) is 15.3. The Morgan fingerprint density at radius 2 is 1.58 bits per heavy atom. The van der Waals surface area contributed by atoms with Crippen LogP contribution in [-0.4, -0.2) is 25.2 Å². The van der Waals surface area contributed by atoms with E-state index in [0.29, 0.717) is 0 Å². The molecule has 0 aromatic heterocycles. The summed E-state index contributed by atoms with van der Waals surface area (Å²) < 4.78 is 0. The molecule has 2 rings (SSSR count). The van der Waals surface area contributed by atoms with Gasteiger partial charge in [0.2, 0.25) is 0 Å². The average Bonchev–Trinajstić information content (AvgIpc) is 2.76. The summed E-state index contributed by atoms with van der Waals surface area (Å²) in [6.07, 6.45) is 15.6. The highest BCUT2D eigenvalue weighted by Crippen LogP contribution is 2.32. The zero-order valence-electron chi connectivity index (χ0n) is 12.9. The molecule has 0 aromatic carbocycles. The second-order valence-corrected chi connectivity index (χ2v) is 6.78. The Kier molecular flexibility index (Phi) is 7.23. The van der Waals surface area contributed by atoms with Crippen molar-refractivity contribution in [2.24, 2.45) is 5.92 Å². The van der Waals surface area contributed by atoms with Gasteiger partial charge in [0, 0.05) is 12.1 Å². The largest absolute Gasteiger partial charge is 0.317 e. The SMILES string of the molecule is CCCCCCCCNCCC1CC2CCC(C1)N2. The third kappa shape index (κ3) is 5.83. The Hall–Kier alpha value is -0.0800. The molecule has 0 aromatic rings. The molecule has 2 atom stereocenters. The quantitative estimate of drug-likeness (QED) is 0.587. The minimum Gasteiger partial charge on any atom is -0.317 e. The maximum atomic E-state index is 3.73. The lowest BCUT2D eigenvalue weighted by Gasteiger charge is -2.29. The zero-order valence-corrected chi connectivity index (χ0v) is 12.9. The highest BCUT2D eigenvalue weighted by molar-refractivity contribution is 4.91. The molecule has 2 unspecified atom stereocenters. The van der Waals surface area contributed by atoms with Gasteiger partial charge in [-0.05, 0) is 57.5 Å². The van der Waals surface area contributed by atoms with Gasteiger partial charge in [-0.15, -0.1) is 0 Å². The number of hydrogen-bond acceptors (Lipinski definition) is 2. The van der Waals surface area contributed by atoms with Crippen molar-refractivity contribution in [2.45, 2.75) is 89.6 Å². The van der Waals surface area contributed by atoms with Gasteiger partial charge in [0.25, 0.3) is 0 Å². The van der Waals surface area contributed by atoms with E-state index in [4.69, 9.17) is 0 Å². The molecule has 2 bridgehead atoms. The Morgan fingerprint density at radius 1 is 0.895 bits per heavy atom. The summed E-state index contributed by atoms with van der Waals surface area (Å²) in [5.41, 5.74) is 0. The van der Waals surface area contributed by atoms with Crippen LogP contribution in [0.15, 0.2) is 0 Å². The molecule has 0 radical (unpaired) electrons. The smallest absolute Gasteiger partial charge is 0.00728 e. The molecule has 19 heavy (non-hydrogen) atoms. The summed E-state index contributed by atoms with van der Waals surface area (Å²) >= 11 is 0. The van der Waals surface area contributed by atoms with Gasteiger partial charge in [-0.1, -0.05) is 39.0 Å². The van der Waals surface area contributed by atoms with Crippen LogP contribution in [0.4, 0.5) is 0 Å². The molecule has 0 amide bonds. The number of nitrogens with one attached hydrogen (secondary N) is 2. The molecule has 112 valence electrons. The molecule has 2 nitrogen and oxygen atoms in total. The molecule has 2 saturated heterocycles. The highest BCUT2D eigenvalue weighted by Gasteiger charge is 2.32. The van der Waals surface area contributed by atoms with E-state index in [1.165, 1.54) is 83.7 Å². The maximum absolute atomic E-state index is 3.73. The van der Waals surface area contributed by atoms with Crippen LogP contribution < -0.4 is 10.6 Å². The van der Waals surface area contributed by atoms with Crippen LogP contribution >= 0.6 is 0 Å². The van der Waals surface area contributed by atoms with E-state index in [2.05, 4.69) is 17.6 Å². The number of unbranched alkanes of at least 4 members (excludes halogenated alkanes) is 5. The summed E-state index contributed by atoms with van der Waals surface area (Å²) in [5, 5.41) is 7.39. The highest BCUT2D eigenvalue weighted by atomic mass is 15.0. The minimum absolute atomic E-state index is 0.863. The fourth-order valence-electron chi connectivity index (χ4n) is 3.87. The number of rotatable bonds is 10. The van der Waals surface area contributed by atoms with Crippen LogP contribution in [0.2, 0.25) is 0 Å². The lowest BCUT2D eigenvalue weighted by Crippen LogP contribution is -2.38. The van der Waals surface area contributed by atoms with E-state index in [1.807, 2.05) is 0 Å². The minimum atomic E-state index is 0.863. The second kappa shape index (κ2) is 8.97. The van der Waals surface area contributed by atoms with Gasteiger partial charge in [0.05, 0.1) is 0 Å². The number of hydrogen-bond donors (Lipinski definition) is 2. The van der Waals surface area contributed by atoms with Gasteiger partial charge in [-0.3, -0.25) is 0 Å². The first-order valence-corrected chi connectivity index (χ1v) is 8.85. The van der Waals surface area contributed by atoms with Crippen molar-refractivity contribution in [1.82, 2.24) is 10.6 Å². The van der Waals surface area contributed by atoms with Gasteiger partial charge in [0.1, 0.15) is 0 Å². The Balaban J connectivity index is 1.38. The van der Waals surface area contributed by atoms with E-state index in [-0.39, 0.29) is 0 Å². The average molecular weight is 266 g/mol. The molecule has 2 aliphatic rings. The number of fused-ring (bicyclic) bond motifs is 2. The normalized spacial score (nSPS) is 29.8. The summed E-state index contributed by atoms with van der Waals surface area (Å²) in [5.74, 6) is 0.996. The monoisotopic (exact) mass is 266 g/mol. The third-order valence-corrected chi connectivity index (χ3v) is 5.01. The van der Waals surface area contributed by atoms with Crippen LogP contribution in [0.1, 0.15) is 77.6 Å². The van der Waals surface area contributed by atoms with Crippen molar-refractivity contribution in [3.05, 3.63) is 0 Å². The van der Waals surface area contributed by atoms with Crippen molar-refractivity contribution in [3.8, 4) is 0 Å². The van der Waals surface area contributed by atoms with Crippen molar-refractivity contribution in [3.63, 3.8) is 0 Å². The Labute approximate surface area is 120 Å². The van der Waals surface area contributed by atoms with Crippen molar-refractivity contribution < 1.29 is 0 Å². The summed E-state index contributed by atoms with van der Waals surface area (Å²) in [6, 6.07) is 1.73. The first-order chi connectivity index (χ1) is 9.38. The molecule has 2 N–H and O–H groups in total. The Morgan fingerprint density at radius 3 is 2.32 bits per heavy atom. The predicted octanol–water partition coefficient (Wildman–Crippen LogP) is 3.86. The van der Waals surface area contributed by atoms with Crippen LogP contribution in [0.5, 0.6) is 0 Å². The number of piperidine rings is 1. The fourth-order valence-corrected chi connectivity index (χ4v) is 3.87. The molecular weight excluding hydrogens is 232 g/mol. The van der Waals surface area contributed by atoms with Gasteiger partial charge < -0.3 is 10.6 Å². The van der Waals surface area contributed by atoms with Crippen LogP contribution in [0, 0.1) is 5.92 Å². The molecular formula is C17H34N2. The van der Waals surface area contributed by atoms with Gasteiger partial charge >= 0.3 is 0 Å². The van der Waals surface area contributed by atoms with Gasteiger partial charge in [0.15, 0.2) is 0 Å². The standard InChI is InChI=1S/C17H34N2/c1-2-3-4-5-6-7-11-18-12-10-15-13-16-8-9-17(14-15)19-16/h15-19H,2-14H2,1H3. The second-order valence-electron chi connectivity index (χ2n) is 6.78. The van der Waals surface area contributed by atoms with Crippen molar-refractivity contribution in [1.29, 1.82) is 0 Å². The zero-order chi connectivity index (χ0) is 13.3. The molecule has 2 aliphatic heterocycles. The van der Waals surface area contributed by atoms with Gasteiger partial charge in [-0.25, -0.2) is 0 Å². The lowest BCUT2D eigenvalue weighted by atomic mass is 9.90.